The fraction of sp³-hybridized carbons (Fsp3) is 0.375. The molecule has 124 valence electrons. The minimum atomic E-state index is 0. The minimum absolute atomic E-state index is 0. The van der Waals surface area contributed by atoms with Crippen LogP contribution in [0.5, 0.6) is 0 Å². The Kier molecular flexibility index (Phi) is 5.34. The van der Waals surface area contributed by atoms with Crippen molar-refractivity contribution in [2.24, 2.45) is 5.92 Å². The summed E-state index contributed by atoms with van der Waals surface area (Å²) < 4.78 is 1.94. The summed E-state index contributed by atoms with van der Waals surface area (Å²) >= 11 is 0. The van der Waals surface area contributed by atoms with E-state index in [1.165, 1.54) is 6.42 Å². The normalized spacial score (nSPS) is 21.6. The molecule has 2 aromatic rings. The highest BCUT2D eigenvalue weighted by atomic mass is 35.5. The lowest BCUT2D eigenvalue weighted by molar-refractivity contribution is 0.257. The Hall–Kier alpha value is -1.56. The third kappa shape index (κ3) is 3.09. The highest BCUT2D eigenvalue weighted by Gasteiger charge is 2.31. The van der Waals surface area contributed by atoms with Gasteiger partial charge in [0.15, 0.2) is 0 Å². The van der Waals surface area contributed by atoms with Crippen LogP contribution in [0.3, 0.4) is 0 Å². The van der Waals surface area contributed by atoms with Gasteiger partial charge in [-0.15, -0.1) is 24.8 Å². The van der Waals surface area contributed by atoms with Crippen molar-refractivity contribution in [1.29, 1.82) is 0 Å². The van der Waals surface area contributed by atoms with Gasteiger partial charge < -0.3 is 15.6 Å². The Morgan fingerprint density at radius 3 is 2.87 bits per heavy atom. The fourth-order valence-corrected chi connectivity index (χ4v) is 3.61. The van der Waals surface area contributed by atoms with Crippen LogP contribution in [0, 0.1) is 5.92 Å². The lowest BCUT2D eigenvalue weighted by Gasteiger charge is -2.37. The second-order valence-electron chi connectivity index (χ2n) is 6.04. The maximum atomic E-state index is 12.5. The summed E-state index contributed by atoms with van der Waals surface area (Å²) in [4.78, 5) is 16.6. The summed E-state index contributed by atoms with van der Waals surface area (Å²) in [6, 6.07) is 5.57. The van der Waals surface area contributed by atoms with Crippen molar-refractivity contribution in [3.8, 4) is 11.1 Å². The van der Waals surface area contributed by atoms with Crippen LogP contribution in [0.25, 0.3) is 11.1 Å². The summed E-state index contributed by atoms with van der Waals surface area (Å²) in [5.74, 6) is 0.992. The number of nitrogens with one attached hydrogen (secondary N) is 1. The van der Waals surface area contributed by atoms with E-state index in [1.54, 1.807) is 24.5 Å². The van der Waals surface area contributed by atoms with Crippen molar-refractivity contribution in [2.45, 2.75) is 18.9 Å². The number of nitrogen functional groups attached to an aromatic ring is 1. The second kappa shape index (κ2) is 6.91. The van der Waals surface area contributed by atoms with Gasteiger partial charge in [-0.05, 0) is 36.6 Å². The number of anilines is 1. The lowest BCUT2D eigenvalue weighted by atomic mass is 9.83. The number of piperidine rings is 1. The molecular weight excluding hydrogens is 335 g/mol. The summed E-state index contributed by atoms with van der Waals surface area (Å²) in [5.41, 5.74) is 9.59. The van der Waals surface area contributed by atoms with Gasteiger partial charge in [-0.1, -0.05) is 0 Å². The van der Waals surface area contributed by atoms with E-state index in [4.69, 9.17) is 5.73 Å². The van der Waals surface area contributed by atoms with Gasteiger partial charge in [-0.3, -0.25) is 9.78 Å². The van der Waals surface area contributed by atoms with Crippen LogP contribution >= 0.6 is 24.8 Å². The fourth-order valence-electron chi connectivity index (χ4n) is 3.61. The van der Waals surface area contributed by atoms with Gasteiger partial charge in [-0.2, -0.15) is 0 Å². The van der Waals surface area contributed by atoms with Crippen molar-refractivity contribution < 1.29 is 0 Å². The predicted octanol–water partition coefficient (Wildman–Crippen LogP) is 2.04. The van der Waals surface area contributed by atoms with Crippen LogP contribution in [-0.2, 0) is 6.54 Å². The molecule has 0 spiro atoms. The van der Waals surface area contributed by atoms with E-state index in [0.717, 1.165) is 36.5 Å². The molecule has 5 nitrogen and oxygen atoms in total. The zero-order valence-corrected chi connectivity index (χ0v) is 14.2. The maximum Gasteiger partial charge on any atom is 0.251 e. The molecule has 0 aromatic carbocycles. The Morgan fingerprint density at radius 1 is 1.26 bits per heavy atom. The molecule has 1 fully saturated rings. The van der Waals surface area contributed by atoms with Crippen molar-refractivity contribution in [2.75, 3.05) is 18.8 Å². The zero-order chi connectivity index (χ0) is 14.4. The van der Waals surface area contributed by atoms with Crippen LogP contribution in [0.4, 0.5) is 5.69 Å². The molecule has 2 aromatic heterocycles. The van der Waals surface area contributed by atoms with Crippen LogP contribution in [0.2, 0.25) is 0 Å². The van der Waals surface area contributed by atoms with Gasteiger partial charge in [0.2, 0.25) is 0 Å². The number of fused-ring (bicyclic) bond motifs is 4. The molecule has 3 N–H and O–H groups in total. The molecule has 1 saturated heterocycles. The molecule has 0 unspecified atom stereocenters. The summed E-state index contributed by atoms with van der Waals surface area (Å²) in [6.45, 7) is 2.78. The molecule has 0 radical (unpaired) electrons. The van der Waals surface area contributed by atoms with E-state index in [-0.39, 0.29) is 30.4 Å². The SMILES string of the molecule is Cl.Cl.Nc1ccncc1-c1cc2n(c(=O)c1)C[C@@H]1CNC[C@H]2C1. The molecule has 4 rings (SSSR count). The van der Waals surface area contributed by atoms with Crippen LogP contribution in [0.1, 0.15) is 18.0 Å². The Balaban J connectivity index is 0.000000960. The standard InChI is InChI=1S/C16H18N4O.2ClH/c17-14-1-2-18-8-13(14)11-4-15-12-3-10(6-19-7-12)9-20(15)16(21)5-11;;/h1-2,4-5,8,10,12,19H,3,6-7,9H2,(H2,17,18);2*1H/t10-,12+;;/m0../s1. The van der Waals surface area contributed by atoms with Gasteiger partial charge >= 0.3 is 0 Å². The quantitative estimate of drug-likeness (QED) is 0.821. The lowest BCUT2D eigenvalue weighted by Crippen LogP contribution is -2.44. The molecule has 23 heavy (non-hydrogen) atoms. The molecule has 0 saturated carbocycles. The molecule has 2 atom stereocenters. The predicted molar refractivity (Wildman–Crippen MR) is 96.6 cm³/mol. The molecular formula is C16H20Cl2N4O. The molecule has 2 aliphatic rings. The Labute approximate surface area is 147 Å². The molecule has 4 heterocycles. The van der Waals surface area contributed by atoms with Crippen molar-refractivity contribution in [3.63, 3.8) is 0 Å². The molecule has 0 aliphatic carbocycles. The summed E-state index contributed by atoms with van der Waals surface area (Å²) in [6.07, 6.45) is 4.56. The molecule has 7 heteroatoms. The van der Waals surface area contributed by atoms with Crippen LogP contribution < -0.4 is 16.6 Å². The van der Waals surface area contributed by atoms with E-state index >= 15 is 0 Å². The van der Waals surface area contributed by atoms with Gasteiger partial charge in [0.1, 0.15) is 0 Å². The van der Waals surface area contributed by atoms with Crippen molar-refractivity contribution in [3.05, 3.63) is 46.6 Å². The number of aromatic nitrogens is 2. The number of pyridine rings is 2. The van der Waals surface area contributed by atoms with E-state index in [2.05, 4.69) is 16.4 Å². The first-order valence-corrected chi connectivity index (χ1v) is 7.38. The van der Waals surface area contributed by atoms with Gasteiger partial charge in [0, 0.05) is 54.4 Å². The minimum Gasteiger partial charge on any atom is -0.398 e. The Bertz CT molecular complexity index is 762. The first-order valence-electron chi connectivity index (χ1n) is 7.38. The maximum absolute atomic E-state index is 12.5. The average molecular weight is 355 g/mol. The second-order valence-corrected chi connectivity index (χ2v) is 6.04. The largest absolute Gasteiger partial charge is 0.398 e. The number of nitrogens with two attached hydrogens (primary N) is 1. The van der Waals surface area contributed by atoms with Crippen LogP contribution in [-0.4, -0.2) is 22.6 Å². The van der Waals surface area contributed by atoms with Gasteiger partial charge in [0.25, 0.3) is 5.56 Å². The number of rotatable bonds is 1. The van der Waals surface area contributed by atoms with Gasteiger partial charge in [0.05, 0.1) is 0 Å². The number of halogens is 2. The number of hydrogen-bond donors (Lipinski definition) is 2. The third-order valence-electron chi connectivity index (χ3n) is 4.63. The smallest absolute Gasteiger partial charge is 0.251 e. The molecule has 0 amide bonds. The molecule has 2 bridgehead atoms. The highest BCUT2D eigenvalue weighted by Crippen LogP contribution is 2.34. The monoisotopic (exact) mass is 354 g/mol. The van der Waals surface area contributed by atoms with E-state index in [1.807, 2.05) is 4.57 Å². The first-order chi connectivity index (χ1) is 10.2. The highest BCUT2D eigenvalue weighted by molar-refractivity contribution is 5.85. The average Bonchev–Trinajstić information content (AvgIpc) is 2.49. The summed E-state index contributed by atoms with van der Waals surface area (Å²) in [5, 5.41) is 3.47. The Morgan fingerprint density at radius 2 is 2.09 bits per heavy atom. The van der Waals surface area contributed by atoms with Crippen LogP contribution in [0.15, 0.2) is 35.4 Å². The van der Waals surface area contributed by atoms with Gasteiger partial charge in [-0.25, -0.2) is 0 Å². The first kappa shape index (κ1) is 17.8. The van der Waals surface area contributed by atoms with E-state index in [0.29, 0.717) is 17.5 Å². The molecule has 2 aliphatic heterocycles. The van der Waals surface area contributed by atoms with E-state index < -0.39 is 0 Å². The zero-order valence-electron chi connectivity index (χ0n) is 12.6. The van der Waals surface area contributed by atoms with Crippen molar-refractivity contribution in [1.82, 2.24) is 14.9 Å². The van der Waals surface area contributed by atoms with Crippen molar-refractivity contribution >= 4 is 30.5 Å². The number of hydrogen-bond acceptors (Lipinski definition) is 4. The van der Waals surface area contributed by atoms with E-state index in [9.17, 15) is 4.79 Å². The topological polar surface area (TPSA) is 72.9 Å². The third-order valence-corrected chi connectivity index (χ3v) is 4.63. The number of nitrogens with zero attached hydrogens (tertiary/aromatic N) is 2. The summed E-state index contributed by atoms with van der Waals surface area (Å²) in [7, 11) is 0.